The number of phenols is 2. The van der Waals surface area contributed by atoms with Crippen LogP contribution in [0.3, 0.4) is 0 Å². The molecule has 2 aromatic carbocycles. The summed E-state index contributed by atoms with van der Waals surface area (Å²) in [7, 11) is 1.50. The number of methoxy groups -OCH3 is 1. The maximum Gasteiger partial charge on any atom is 0.160 e. The van der Waals surface area contributed by atoms with Gasteiger partial charge in [-0.15, -0.1) is 0 Å². The third-order valence-electron chi connectivity index (χ3n) is 2.69. The molecule has 0 amide bonds. The van der Waals surface area contributed by atoms with Crippen molar-refractivity contribution in [2.24, 2.45) is 0 Å². The van der Waals surface area contributed by atoms with E-state index in [1.807, 2.05) is 0 Å². The van der Waals surface area contributed by atoms with Gasteiger partial charge in [0.1, 0.15) is 5.75 Å². The van der Waals surface area contributed by atoms with Gasteiger partial charge in [0.2, 0.25) is 0 Å². The van der Waals surface area contributed by atoms with E-state index in [0.29, 0.717) is 17.3 Å². The van der Waals surface area contributed by atoms with Gasteiger partial charge >= 0.3 is 0 Å². The van der Waals surface area contributed by atoms with Crippen molar-refractivity contribution < 1.29 is 14.9 Å². The van der Waals surface area contributed by atoms with Gasteiger partial charge in [0.05, 0.1) is 12.1 Å². The first-order valence-corrected chi connectivity index (χ1v) is 6.06. The molecule has 0 unspecified atom stereocenters. The van der Waals surface area contributed by atoms with Gasteiger partial charge in [-0.2, -0.15) is 0 Å². The van der Waals surface area contributed by atoms with Crippen molar-refractivity contribution in [2.45, 2.75) is 6.54 Å². The van der Waals surface area contributed by atoms with Gasteiger partial charge in [0, 0.05) is 18.3 Å². The normalized spacial score (nSPS) is 10.2. The average molecular weight is 280 g/mol. The number of hydrogen-bond acceptors (Lipinski definition) is 4. The van der Waals surface area contributed by atoms with Crippen molar-refractivity contribution in [1.29, 1.82) is 0 Å². The molecule has 0 aromatic heterocycles. The van der Waals surface area contributed by atoms with Crippen LogP contribution >= 0.6 is 11.6 Å². The molecule has 0 aliphatic heterocycles. The molecule has 0 saturated heterocycles. The van der Waals surface area contributed by atoms with Crippen molar-refractivity contribution >= 4 is 17.3 Å². The molecule has 0 aliphatic carbocycles. The van der Waals surface area contributed by atoms with E-state index < -0.39 is 0 Å². The number of ether oxygens (including phenoxy) is 1. The largest absolute Gasteiger partial charge is 0.506 e. The number of anilines is 1. The molecule has 0 radical (unpaired) electrons. The van der Waals surface area contributed by atoms with Crippen LogP contribution in [0.15, 0.2) is 36.4 Å². The zero-order chi connectivity index (χ0) is 13.8. The topological polar surface area (TPSA) is 61.7 Å². The minimum atomic E-state index is 0.0625. The monoisotopic (exact) mass is 279 g/mol. The first-order chi connectivity index (χ1) is 9.10. The average Bonchev–Trinajstić information content (AvgIpc) is 2.40. The molecule has 5 heteroatoms. The molecule has 0 fully saturated rings. The molecule has 3 N–H and O–H groups in total. The lowest BCUT2D eigenvalue weighted by molar-refractivity contribution is 0.373. The van der Waals surface area contributed by atoms with Gasteiger partial charge < -0.3 is 20.3 Å². The van der Waals surface area contributed by atoms with E-state index in [2.05, 4.69) is 5.32 Å². The molecule has 0 atom stereocenters. The van der Waals surface area contributed by atoms with E-state index in [1.165, 1.54) is 7.11 Å². The number of phenolic OH excluding ortho intramolecular Hbond substituents is 2. The maximum absolute atomic E-state index is 9.65. The first kappa shape index (κ1) is 13.4. The van der Waals surface area contributed by atoms with Crippen LogP contribution in [0.2, 0.25) is 5.02 Å². The third-order valence-corrected chi connectivity index (χ3v) is 2.99. The van der Waals surface area contributed by atoms with E-state index in [0.717, 1.165) is 11.3 Å². The molecule has 0 bridgehead atoms. The molecular formula is C14H14ClNO3. The molecule has 100 valence electrons. The van der Waals surface area contributed by atoms with Crippen molar-refractivity contribution in [1.82, 2.24) is 0 Å². The van der Waals surface area contributed by atoms with Crippen LogP contribution in [0.25, 0.3) is 0 Å². The predicted molar refractivity (Wildman–Crippen MR) is 75.1 cm³/mol. The van der Waals surface area contributed by atoms with Crippen LogP contribution < -0.4 is 10.1 Å². The fourth-order valence-corrected chi connectivity index (χ4v) is 1.87. The lowest BCUT2D eigenvalue weighted by Gasteiger charge is -2.09. The highest BCUT2D eigenvalue weighted by Crippen LogP contribution is 2.29. The minimum Gasteiger partial charge on any atom is -0.506 e. The van der Waals surface area contributed by atoms with Crippen molar-refractivity contribution in [3.05, 3.63) is 47.0 Å². The number of rotatable bonds is 4. The fraction of sp³-hybridized carbons (Fsp3) is 0.143. The Balaban J connectivity index is 2.05. The Morgan fingerprint density at radius 1 is 1.11 bits per heavy atom. The van der Waals surface area contributed by atoms with E-state index in [-0.39, 0.29) is 11.5 Å². The highest BCUT2D eigenvalue weighted by atomic mass is 35.5. The zero-order valence-corrected chi connectivity index (χ0v) is 11.1. The molecule has 0 aliphatic rings. The smallest absolute Gasteiger partial charge is 0.160 e. The quantitative estimate of drug-likeness (QED) is 0.803. The zero-order valence-electron chi connectivity index (χ0n) is 10.4. The number of halogens is 1. The lowest BCUT2D eigenvalue weighted by atomic mass is 10.2. The van der Waals surface area contributed by atoms with Gasteiger partial charge in [0.15, 0.2) is 11.5 Å². The van der Waals surface area contributed by atoms with Crippen LogP contribution in [0.4, 0.5) is 5.69 Å². The molecule has 0 heterocycles. The Morgan fingerprint density at radius 3 is 2.53 bits per heavy atom. The summed E-state index contributed by atoms with van der Waals surface area (Å²) in [6, 6.07) is 10.1. The second-order valence-corrected chi connectivity index (χ2v) is 4.43. The molecular weight excluding hydrogens is 266 g/mol. The molecule has 0 spiro atoms. The second kappa shape index (κ2) is 5.71. The van der Waals surface area contributed by atoms with E-state index in [4.69, 9.17) is 16.3 Å². The van der Waals surface area contributed by atoms with Gasteiger partial charge in [0.25, 0.3) is 0 Å². The summed E-state index contributed by atoms with van der Waals surface area (Å²) in [5.74, 6) is 0.571. The Kier molecular flexibility index (Phi) is 4.02. The van der Waals surface area contributed by atoms with Gasteiger partial charge in [-0.3, -0.25) is 0 Å². The lowest BCUT2D eigenvalue weighted by Crippen LogP contribution is -1.99. The molecule has 19 heavy (non-hydrogen) atoms. The van der Waals surface area contributed by atoms with Gasteiger partial charge in [-0.1, -0.05) is 17.7 Å². The summed E-state index contributed by atoms with van der Waals surface area (Å²) in [5, 5.41) is 22.4. The standard InChI is InChI=1S/C14H14ClNO3/c1-19-14-5-3-10(7-13(14)18)16-8-9-2-4-12(17)11(15)6-9/h2-7,16-18H,8H2,1H3. The third kappa shape index (κ3) is 3.23. The SMILES string of the molecule is COc1ccc(NCc2ccc(O)c(Cl)c2)cc1O. The Labute approximate surface area is 116 Å². The fourth-order valence-electron chi connectivity index (χ4n) is 1.66. The maximum atomic E-state index is 9.65. The van der Waals surface area contributed by atoms with Gasteiger partial charge in [-0.25, -0.2) is 0 Å². The molecule has 2 rings (SSSR count). The van der Waals surface area contributed by atoms with E-state index in [1.54, 1.807) is 36.4 Å². The molecule has 4 nitrogen and oxygen atoms in total. The summed E-state index contributed by atoms with van der Waals surface area (Å²) >= 11 is 5.83. The minimum absolute atomic E-state index is 0.0625. The highest BCUT2D eigenvalue weighted by molar-refractivity contribution is 6.32. The first-order valence-electron chi connectivity index (χ1n) is 5.68. The summed E-state index contributed by atoms with van der Waals surface area (Å²) in [6.45, 7) is 0.534. The van der Waals surface area contributed by atoms with Crippen LogP contribution in [-0.2, 0) is 6.54 Å². The molecule has 0 saturated carbocycles. The van der Waals surface area contributed by atoms with Crippen LogP contribution in [-0.4, -0.2) is 17.3 Å². The molecule has 2 aromatic rings. The van der Waals surface area contributed by atoms with E-state index in [9.17, 15) is 10.2 Å². The summed E-state index contributed by atoms with van der Waals surface area (Å²) < 4.78 is 4.97. The van der Waals surface area contributed by atoms with Crippen LogP contribution in [0, 0.1) is 0 Å². The second-order valence-electron chi connectivity index (χ2n) is 4.03. The Hall–Kier alpha value is -2.07. The number of benzene rings is 2. The van der Waals surface area contributed by atoms with Crippen molar-refractivity contribution in [2.75, 3.05) is 12.4 Å². The van der Waals surface area contributed by atoms with Crippen LogP contribution in [0.1, 0.15) is 5.56 Å². The summed E-state index contributed by atoms with van der Waals surface area (Å²) in [4.78, 5) is 0. The van der Waals surface area contributed by atoms with E-state index >= 15 is 0 Å². The summed E-state index contributed by atoms with van der Waals surface area (Å²) in [5.41, 5.74) is 1.70. The Bertz CT molecular complexity index is 587. The van der Waals surface area contributed by atoms with Gasteiger partial charge in [-0.05, 0) is 29.8 Å². The van der Waals surface area contributed by atoms with Crippen LogP contribution in [0.5, 0.6) is 17.2 Å². The number of hydrogen-bond donors (Lipinski definition) is 3. The van der Waals surface area contributed by atoms with Crippen molar-refractivity contribution in [3.8, 4) is 17.2 Å². The summed E-state index contributed by atoms with van der Waals surface area (Å²) in [6.07, 6.45) is 0. The number of nitrogens with one attached hydrogen (secondary N) is 1. The highest BCUT2D eigenvalue weighted by Gasteiger charge is 2.03. The predicted octanol–water partition coefficient (Wildman–Crippen LogP) is 3.37. The number of aromatic hydroxyl groups is 2. The van der Waals surface area contributed by atoms with Crippen molar-refractivity contribution in [3.63, 3.8) is 0 Å². The Morgan fingerprint density at radius 2 is 1.89 bits per heavy atom.